The highest BCUT2D eigenvalue weighted by Gasteiger charge is 2.30. The van der Waals surface area contributed by atoms with Gasteiger partial charge in [0.2, 0.25) is 0 Å². The summed E-state index contributed by atoms with van der Waals surface area (Å²) >= 11 is 0. The molecule has 1 aromatic rings. The van der Waals surface area contributed by atoms with Gasteiger partial charge >= 0.3 is 6.18 Å². The number of alkyl halides is 3. The second-order valence-electron chi connectivity index (χ2n) is 3.30. The van der Waals surface area contributed by atoms with Crippen molar-refractivity contribution >= 4 is 20.0 Å². The molecule has 0 aliphatic heterocycles. The minimum atomic E-state index is -4.60. The highest BCUT2D eigenvalue weighted by atomic mass is 32.3. The Morgan fingerprint density at radius 3 is 1.78 bits per heavy atom. The fourth-order valence-electron chi connectivity index (χ4n) is 1.04. The molecule has 0 fully saturated rings. The van der Waals surface area contributed by atoms with Crippen LogP contribution in [0, 0.1) is 0 Å². The summed E-state index contributed by atoms with van der Waals surface area (Å²) in [4.78, 5) is -0.624. The van der Waals surface area contributed by atoms with Crippen LogP contribution in [0.3, 0.4) is 0 Å². The maximum absolute atomic E-state index is 12.2. The van der Waals surface area contributed by atoms with E-state index in [2.05, 4.69) is 4.13 Å². The number of rotatable bonds is 3. The van der Waals surface area contributed by atoms with Gasteiger partial charge in [0, 0.05) is 11.2 Å². The minimum Gasteiger partial charge on any atom is -0.432 e. The standard InChI is InChI=1S/C8H7F3NO4S2/c1-17(13,14)12-18(15,16)7-4-2-6(3-5-7)8(9,10)11/h2-5H,1H3/q-1. The molecular weight excluding hydrogens is 295 g/mol. The van der Waals surface area contributed by atoms with Gasteiger partial charge in [-0.1, -0.05) is 0 Å². The first-order valence-electron chi connectivity index (χ1n) is 4.28. The number of nitrogens with zero attached hydrogens (tertiary/aromatic N) is 1. The lowest BCUT2D eigenvalue weighted by atomic mass is 10.2. The molecule has 102 valence electrons. The van der Waals surface area contributed by atoms with Gasteiger partial charge in [0.05, 0.1) is 15.6 Å². The van der Waals surface area contributed by atoms with Crippen LogP contribution in [0.4, 0.5) is 13.2 Å². The zero-order valence-corrected chi connectivity index (χ0v) is 10.5. The van der Waals surface area contributed by atoms with Crippen LogP contribution in [0.25, 0.3) is 4.13 Å². The van der Waals surface area contributed by atoms with Crippen molar-refractivity contribution in [3.05, 3.63) is 34.0 Å². The third-order valence-electron chi connectivity index (χ3n) is 1.71. The van der Waals surface area contributed by atoms with E-state index in [1.165, 1.54) is 0 Å². The third kappa shape index (κ3) is 3.96. The first-order valence-corrected chi connectivity index (χ1v) is 7.57. The lowest BCUT2D eigenvalue weighted by molar-refractivity contribution is -0.137. The van der Waals surface area contributed by atoms with Gasteiger partial charge < -0.3 is 4.13 Å². The minimum absolute atomic E-state index is 0.532. The second-order valence-corrected chi connectivity index (χ2v) is 6.79. The lowest BCUT2D eigenvalue weighted by Gasteiger charge is -2.18. The molecule has 5 nitrogen and oxygen atoms in total. The number of hydrogen-bond acceptors (Lipinski definition) is 4. The second kappa shape index (κ2) is 4.52. The van der Waals surface area contributed by atoms with Crippen LogP contribution in [0.5, 0.6) is 0 Å². The van der Waals surface area contributed by atoms with E-state index < -0.39 is 36.7 Å². The van der Waals surface area contributed by atoms with Crippen LogP contribution in [0.15, 0.2) is 29.2 Å². The SMILES string of the molecule is CS(=O)(=O)[N-]S(=O)(=O)c1ccc(C(F)(F)F)cc1. The summed E-state index contributed by atoms with van der Waals surface area (Å²) in [6.07, 6.45) is -4.04. The smallest absolute Gasteiger partial charge is 0.416 e. The molecule has 0 unspecified atom stereocenters. The molecule has 0 atom stereocenters. The molecule has 0 N–H and O–H groups in total. The molecule has 0 aliphatic carbocycles. The van der Waals surface area contributed by atoms with Crippen molar-refractivity contribution in [1.29, 1.82) is 0 Å². The predicted octanol–water partition coefficient (Wildman–Crippen LogP) is 1.73. The number of halogens is 3. The zero-order chi connectivity index (χ0) is 14.2. The monoisotopic (exact) mass is 302 g/mol. The molecular formula is C8H7F3NO4S2-. The third-order valence-corrected chi connectivity index (χ3v) is 4.45. The molecule has 1 rings (SSSR count). The quantitative estimate of drug-likeness (QED) is 0.851. The van der Waals surface area contributed by atoms with E-state index in [-0.39, 0.29) is 0 Å². The van der Waals surface area contributed by atoms with Crippen molar-refractivity contribution in [2.75, 3.05) is 6.26 Å². The molecule has 0 aromatic heterocycles. The summed E-state index contributed by atoms with van der Waals surface area (Å²) < 4.78 is 83.4. The van der Waals surface area contributed by atoms with Gasteiger partial charge in [0.1, 0.15) is 10.0 Å². The first kappa shape index (κ1) is 14.9. The lowest BCUT2D eigenvalue weighted by Crippen LogP contribution is -2.08. The Hall–Kier alpha value is -1.13. The van der Waals surface area contributed by atoms with Crippen molar-refractivity contribution < 1.29 is 30.0 Å². The van der Waals surface area contributed by atoms with E-state index in [4.69, 9.17) is 0 Å². The molecule has 1 aromatic carbocycles. The fourth-order valence-corrected chi connectivity index (χ4v) is 3.29. The van der Waals surface area contributed by atoms with Crippen LogP contribution < -0.4 is 0 Å². The normalized spacial score (nSPS) is 13.6. The maximum Gasteiger partial charge on any atom is 0.416 e. The number of hydrogen-bond donors (Lipinski definition) is 0. The number of benzene rings is 1. The Balaban J connectivity index is 3.14. The highest BCUT2D eigenvalue weighted by Crippen LogP contribution is 2.30. The van der Waals surface area contributed by atoms with Gasteiger partial charge in [0.15, 0.2) is 0 Å². The molecule has 0 aliphatic rings. The van der Waals surface area contributed by atoms with Crippen LogP contribution in [-0.2, 0) is 26.2 Å². The predicted molar refractivity (Wildman–Crippen MR) is 56.8 cm³/mol. The van der Waals surface area contributed by atoms with E-state index >= 15 is 0 Å². The van der Waals surface area contributed by atoms with Gasteiger partial charge in [0.25, 0.3) is 0 Å². The Bertz CT molecular complexity index is 632. The van der Waals surface area contributed by atoms with E-state index in [9.17, 15) is 30.0 Å². The Kier molecular flexibility index (Phi) is 3.75. The van der Waals surface area contributed by atoms with Crippen LogP contribution in [0.1, 0.15) is 5.56 Å². The fraction of sp³-hybridized carbons (Fsp3) is 0.250. The van der Waals surface area contributed by atoms with E-state index in [1.54, 1.807) is 0 Å². The molecule has 0 saturated carbocycles. The Labute approximate surface area is 102 Å². The zero-order valence-electron chi connectivity index (χ0n) is 8.84. The molecule has 0 saturated heterocycles. The molecule has 10 heteroatoms. The van der Waals surface area contributed by atoms with Gasteiger partial charge in [-0.25, -0.2) is 16.8 Å². The molecule has 18 heavy (non-hydrogen) atoms. The first-order chi connectivity index (χ1) is 7.92. The summed E-state index contributed by atoms with van der Waals surface area (Å²) in [6, 6.07) is 2.36. The summed E-state index contributed by atoms with van der Waals surface area (Å²) in [6.45, 7) is 0. The van der Waals surface area contributed by atoms with Crippen molar-refractivity contribution in [3.8, 4) is 0 Å². The van der Waals surface area contributed by atoms with E-state index in [0.717, 1.165) is 0 Å². The van der Waals surface area contributed by atoms with Gasteiger partial charge in [-0.15, -0.1) is 0 Å². The van der Waals surface area contributed by atoms with Crippen LogP contribution in [-0.4, -0.2) is 23.1 Å². The van der Waals surface area contributed by atoms with Gasteiger partial charge in [-0.3, -0.25) is 0 Å². The largest absolute Gasteiger partial charge is 0.432 e. The molecule has 0 bridgehead atoms. The van der Waals surface area contributed by atoms with Crippen LogP contribution >= 0.6 is 0 Å². The summed E-state index contributed by atoms with van der Waals surface area (Å²) in [5.41, 5.74) is -1.04. The average Bonchev–Trinajstić information content (AvgIpc) is 2.13. The topological polar surface area (TPSA) is 82.4 Å². The Morgan fingerprint density at radius 2 is 1.44 bits per heavy atom. The highest BCUT2D eigenvalue weighted by molar-refractivity contribution is 8.11. The van der Waals surface area contributed by atoms with Gasteiger partial charge in [-0.2, -0.15) is 13.2 Å². The van der Waals surface area contributed by atoms with E-state index in [1.807, 2.05) is 0 Å². The molecule has 0 amide bonds. The van der Waals surface area contributed by atoms with Crippen LogP contribution in [0.2, 0.25) is 0 Å². The van der Waals surface area contributed by atoms with Gasteiger partial charge in [-0.05, 0) is 24.3 Å². The Morgan fingerprint density at radius 1 is 1.00 bits per heavy atom. The summed E-state index contributed by atoms with van der Waals surface area (Å²) in [5.74, 6) is 0. The van der Waals surface area contributed by atoms with Crippen molar-refractivity contribution in [2.45, 2.75) is 11.1 Å². The number of sulfonamides is 2. The molecule has 0 spiro atoms. The van der Waals surface area contributed by atoms with E-state index in [0.29, 0.717) is 30.5 Å². The summed E-state index contributed by atoms with van der Waals surface area (Å²) in [5, 5.41) is 0. The summed E-state index contributed by atoms with van der Waals surface area (Å²) in [7, 11) is -8.66. The maximum atomic E-state index is 12.2. The van der Waals surface area contributed by atoms with Crippen molar-refractivity contribution in [3.63, 3.8) is 0 Å². The molecule has 0 radical (unpaired) electrons. The molecule has 0 heterocycles. The average molecular weight is 302 g/mol. The van der Waals surface area contributed by atoms with Crippen molar-refractivity contribution in [1.82, 2.24) is 0 Å². The van der Waals surface area contributed by atoms with Crippen molar-refractivity contribution in [2.24, 2.45) is 0 Å².